The average Bonchev–Trinajstić information content (AvgIpc) is 3.32. The normalized spacial score (nSPS) is 14.1. The van der Waals surface area contributed by atoms with Crippen LogP contribution in [0.15, 0.2) is 97.2 Å². The highest BCUT2D eigenvalue weighted by Crippen LogP contribution is 2.43. The van der Waals surface area contributed by atoms with Crippen molar-refractivity contribution in [3.8, 4) is 0 Å². The number of rotatable bonds is 50. The number of ether oxygens (including phenoxy) is 2. The molecule has 2 unspecified atom stereocenters. The first-order valence-electron chi connectivity index (χ1n) is 28.0. The summed E-state index contributed by atoms with van der Waals surface area (Å²) in [6.07, 6.45) is 69.0. The molecule has 0 aromatic heterocycles. The molecule has 0 aliphatic carbocycles. The largest absolute Gasteiger partial charge is 0.472 e. The van der Waals surface area contributed by atoms with Gasteiger partial charge in [0.15, 0.2) is 6.10 Å². The number of allylic oxidation sites excluding steroid dienone is 16. The fourth-order valence-corrected chi connectivity index (χ4v) is 8.02. The molecule has 0 rings (SSSR count). The van der Waals surface area contributed by atoms with Crippen molar-refractivity contribution in [1.82, 2.24) is 0 Å². The third-order valence-electron chi connectivity index (χ3n) is 11.6. The fourth-order valence-electron chi connectivity index (χ4n) is 7.28. The van der Waals surface area contributed by atoms with Crippen LogP contribution in [0.3, 0.4) is 0 Å². The molecule has 0 aromatic carbocycles. The van der Waals surface area contributed by atoms with Gasteiger partial charge in [-0.25, -0.2) is 4.57 Å². The minimum Gasteiger partial charge on any atom is -0.462 e. The smallest absolute Gasteiger partial charge is 0.462 e. The minimum absolute atomic E-state index is 0.0196. The highest BCUT2D eigenvalue weighted by Gasteiger charge is 2.27. The quantitative estimate of drug-likeness (QED) is 0.0211. The molecule has 0 saturated heterocycles. The predicted molar refractivity (Wildman–Crippen MR) is 298 cm³/mol. The lowest BCUT2D eigenvalue weighted by Crippen LogP contribution is -2.37. The zero-order valence-corrected chi connectivity index (χ0v) is 46.4. The van der Waals surface area contributed by atoms with Gasteiger partial charge in [-0.15, -0.1) is 0 Å². The fraction of sp³-hybridized carbons (Fsp3) is 0.700. The van der Waals surface area contributed by atoms with Gasteiger partial charge in [0, 0.05) is 12.8 Å². The monoisotopic (exact) mass is 999 g/mol. The molecular weight excluding hydrogens is 894 g/mol. The molecule has 1 N–H and O–H groups in total. The first kappa shape index (κ1) is 66.9. The van der Waals surface area contributed by atoms with Crippen LogP contribution in [0.4, 0.5) is 0 Å². The van der Waals surface area contributed by atoms with Gasteiger partial charge >= 0.3 is 19.8 Å². The van der Waals surface area contributed by atoms with Crippen molar-refractivity contribution >= 4 is 19.8 Å². The third kappa shape index (κ3) is 54.3. The van der Waals surface area contributed by atoms with Crippen molar-refractivity contribution in [1.29, 1.82) is 0 Å². The first-order valence-corrected chi connectivity index (χ1v) is 29.5. The SMILES string of the molecule is CC/C=C\C/C=C\C/C=C\C/C=C\C/C=C\C/C=C\C/C=C\CCCCCC(=O)OC(COC(=O)CCCCCCCCCCC/C=C\CCCCCCCCCC)COP(=O)(O)OCC[N+](C)(C)C. The number of quaternary nitrogens is 1. The number of phosphoric acid groups is 1. The second-order valence-electron chi connectivity index (χ2n) is 19.6. The van der Waals surface area contributed by atoms with E-state index in [4.69, 9.17) is 18.5 Å². The summed E-state index contributed by atoms with van der Waals surface area (Å²) in [7, 11) is 1.44. The number of carbonyl (C=O) groups excluding carboxylic acids is 2. The second kappa shape index (κ2) is 50.9. The van der Waals surface area contributed by atoms with E-state index in [1.165, 1.54) is 103 Å². The zero-order chi connectivity index (χ0) is 51.3. The molecule has 0 bridgehead atoms. The molecule has 402 valence electrons. The van der Waals surface area contributed by atoms with E-state index in [9.17, 15) is 19.0 Å². The molecule has 70 heavy (non-hydrogen) atoms. The number of hydrogen-bond acceptors (Lipinski definition) is 7. The first-order chi connectivity index (χ1) is 34.0. The van der Waals surface area contributed by atoms with Gasteiger partial charge in [0.05, 0.1) is 27.7 Å². The summed E-state index contributed by atoms with van der Waals surface area (Å²) in [4.78, 5) is 35.6. The molecule has 0 radical (unpaired) electrons. The molecule has 0 fully saturated rings. The van der Waals surface area contributed by atoms with Crippen LogP contribution in [0, 0.1) is 0 Å². The van der Waals surface area contributed by atoms with Crippen LogP contribution in [0.1, 0.15) is 219 Å². The van der Waals surface area contributed by atoms with Crippen LogP contribution in [0.25, 0.3) is 0 Å². The number of phosphoric ester groups is 1. The van der Waals surface area contributed by atoms with Gasteiger partial charge in [0.25, 0.3) is 0 Å². The molecule has 0 aromatic rings. The van der Waals surface area contributed by atoms with Crippen molar-refractivity contribution in [2.24, 2.45) is 0 Å². The standard InChI is InChI=1S/C60H104NO8P/c1-6-8-10-12-14-16-18-20-22-24-26-28-29-30-31-33-35-37-39-41-43-45-47-49-51-53-60(63)69-58(57-68-70(64,65)67-55-54-61(3,4)5)56-66-59(62)52-50-48-46-44-42-40-38-36-34-32-27-25-23-21-19-17-15-13-11-9-7-2/h8,10,14,16,20,22,25-28,30-31,35,37,41,43,58H,6-7,9,11-13,15,17-19,21,23-24,29,32-34,36,38-40,42,44-57H2,1-5H3/p+1/b10-8-,16-14-,22-20-,27-25-,28-26-,31-30-,37-35-,43-41-. The molecule has 0 spiro atoms. The van der Waals surface area contributed by atoms with Crippen LogP contribution in [0.5, 0.6) is 0 Å². The Morgan fingerprint density at radius 3 is 1.24 bits per heavy atom. The number of hydrogen-bond donors (Lipinski definition) is 1. The van der Waals surface area contributed by atoms with Gasteiger partial charge in [0.1, 0.15) is 19.8 Å². The Morgan fingerprint density at radius 2 is 0.814 bits per heavy atom. The molecule has 0 aliphatic heterocycles. The van der Waals surface area contributed by atoms with Gasteiger partial charge in [-0.3, -0.25) is 18.6 Å². The lowest BCUT2D eigenvalue weighted by atomic mass is 10.1. The van der Waals surface area contributed by atoms with Gasteiger partial charge in [-0.05, 0) is 96.3 Å². The zero-order valence-electron chi connectivity index (χ0n) is 45.5. The molecule has 0 amide bonds. The van der Waals surface area contributed by atoms with Gasteiger partial charge in [-0.1, -0.05) is 207 Å². The van der Waals surface area contributed by atoms with Crippen molar-refractivity contribution in [3.63, 3.8) is 0 Å². The van der Waals surface area contributed by atoms with E-state index in [0.29, 0.717) is 17.4 Å². The predicted octanol–water partition coefficient (Wildman–Crippen LogP) is 17.3. The lowest BCUT2D eigenvalue weighted by Gasteiger charge is -2.24. The molecule has 0 saturated carbocycles. The Hall–Kier alpha value is -3.07. The summed E-state index contributed by atoms with van der Waals surface area (Å²) in [5.41, 5.74) is 0. The molecular formula is C60H105NO8P+. The minimum atomic E-state index is -4.40. The maximum absolute atomic E-state index is 12.8. The van der Waals surface area contributed by atoms with E-state index in [2.05, 4.69) is 111 Å². The Bertz CT molecular complexity index is 1500. The molecule has 0 aliphatic rings. The van der Waals surface area contributed by atoms with E-state index in [1.54, 1.807) is 0 Å². The third-order valence-corrected chi connectivity index (χ3v) is 12.6. The number of unbranched alkanes of at least 4 members (excludes halogenated alkanes) is 20. The second-order valence-corrected chi connectivity index (χ2v) is 21.0. The Labute approximate surface area is 430 Å². The number of esters is 2. The lowest BCUT2D eigenvalue weighted by molar-refractivity contribution is -0.870. The van der Waals surface area contributed by atoms with Gasteiger partial charge < -0.3 is 18.9 Å². The Balaban J connectivity index is 4.31. The van der Waals surface area contributed by atoms with E-state index >= 15 is 0 Å². The van der Waals surface area contributed by atoms with Crippen LogP contribution in [-0.4, -0.2) is 74.9 Å². The summed E-state index contributed by atoms with van der Waals surface area (Å²) in [6.45, 7) is 4.27. The van der Waals surface area contributed by atoms with E-state index in [1.807, 2.05) is 21.1 Å². The molecule has 9 nitrogen and oxygen atoms in total. The summed E-state index contributed by atoms with van der Waals surface area (Å²) in [5.74, 6) is -0.842. The summed E-state index contributed by atoms with van der Waals surface area (Å²) >= 11 is 0. The van der Waals surface area contributed by atoms with Gasteiger partial charge in [0.2, 0.25) is 0 Å². The number of carbonyl (C=O) groups is 2. The van der Waals surface area contributed by atoms with Crippen molar-refractivity contribution in [2.45, 2.75) is 225 Å². The van der Waals surface area contributed by atoms with Crippen LogP contribution >= 0.6 is 7.82 Å². The molecule has 0 heterocycles. The number of likely N-dealkylation sites (N-methyl/N-ethyl adjacent to an activating group) is 1. The molecule has 2 atom stereocenters. The highest BCUT2D eigenvalue weighted by molar-refractivity contribution is 7.47. The average molecular weight is 999 g/mol. The van der Waals surface area contributed by atoms with Crippen molar-refractivity contribution in [3.05, 3.63) is 97.2 Å². The molecule has 10 heteroatoms. The summed E-state index contributed by atoms with van der Waals surface area (Å²) in [5, 5.41) is 0. The van der Waals surface area contributed by atoms with Crippen molar-refractivity contribution in [2.75, 3.05) is 47.5 Å². The summed E-state index contributed by atoms with van der Waals surface area (Å²) < 4.78 is 34.5. The Morgan fingerprint density at radius 1 is 0.457 bits per heavy atom. The van der Waals surface area contributed by atoms with E-state index < -0.39 is 26.5 Å². The van der Waals surface area contributed by atoms with E-state index in [-0.39, 0.29) is 32.0 Å². The summed E-state index contributed by atoms with van der Waals surface area (Å²) in [6, 6.07) is 0. The number of nitrogens with zero attached hydrogens (tertiary/aromatic N) is 1. The maximum atomic E-state index is 12.8. The van der Waals surface area contributed by atoms with Crippen LogP contribution < -0.4 is 0 Å². The maximum Gasteiger partial charge on any atom is 0.472 e. The highest BCUT2D eigenvalue weighted by atomic mass is 31.2. The van der Waals surface area contributed by atoms with E-state index in [0.717, 1.165) is 83.5 Å². The van der Waals surface area contributed by atoms with Gasteiger partial charge in [-0.2, -0.15) is 0 Å². The topological polar surface area (TPSA) is 108 Å². The van der Waals surface area contributed by atoms with Crippen molar-refractivity contribution < 1.29 is 42.1 Å². The Kier molecular flexibility index (Phi) is 48.6. The van der Waals surface area contributed by atoms with Crippen LogP contribution in [-0.2, 0) is 32.7 Å². The van der Waals surface area contributed by atoms with Crippen LogP contribution in [0.2, 0.25) is 0 Å².